The topological polar surface area (TPSA) is 59.8 Å². The van der Waals surface area contributed by atoms with Gasteiger partial charge < -0.3 is 15.2 Å². The fraction of sp³-hybridized carbons (Fsp3) is 1.00. The second-order valence-electron chi connectivity index (χ2n) is 4.46. The average molecular weight is 215 g/mol. The van der Waals surface area contributed by atoms with Gasteiger partial charge in [-0.25, -0.2) is 10.4 Å². The summed E-state index contributed by atoms with van der Waals surface area (Å²) in [6, 6.07) is 0. The molecule has 1 saturated heterocycles. The van der Waals surface area contributed by atoms with Gasteiger partial charge in [0.05, 0.1) is 19.3 Å². The fourth-order valence-corrected chi connectivity index (χ4v) is 2.29. The molecule has 2 fully saturated rings. The molecule has 2 rings (SSSR count). The lowest BCUT2D eigenvalue weighted by atomic mass is 9.74. The minimum Gasteiger partial charge on any atom is -0.381 e. The van der Waals surface area contributed by atoms with Crippen LogP contribution in [0.2, 0.25) is 0 Å². The van der Waals surface area contributed by atoms with Gasteiger partial charge in [-0.2, -0.15) is 0 Å². The third-order valence-corrected chi connectivity index (χ3v) is 3.37. The Morgan fingerprint density at radius 2 is 2.13 bits per heavy atom. The van der Waals surface area contributed by atoms with Gasteiger partial charge in [-0.15, -0.1) is 0 Å². The summed E-state index contributed by atoms with van der Waals surface area (Å²) in [7, 11) is 1.76. The summed E-state index contributed by atoms with van der Waals surface area (Å²) in [5.41, 5.74) is 9.43. The Morgan fingerprint density at radius 3 is 2.67 bits per heavy atom. The number of hydrogen-bond acceptors (Lipinski definition) is 5. The first kappa shape index (κ1) is 11.3. The highest BCUT2D eigenvalue weighted by Crippen LogP contribution is 2.33. The number of nitrogens with two attached hydrogens (primary N) is 1. The van der Waals surface area contributed by atoms with Crippen molar-refractivity contribution < 1.29 is 9.47 Å². The molecule has 0 bridgehead atoms. The third-order valence-electron chi connectivity index (χ3n) is 3.37. The molecule has 0 radical (unpaired) electrons. The molecule has 0 aromatic rings. The molecule has 1 saturated carbocycles. The van der Waals surface area contributed by atoms with Crippen LogP contribution in [0.25, 0.3) is 0 Å². The van der Waals surface area contributed by atoms with Crippen LogP contribution in [0, 0.1) is 0 Å². The zero-order valence-corrected chi connectivity index (χ0v) is 9.37. The van der Waals surface area contributed by atoms with Crippen molar-refractivity contribution in [2.75, 3.05) is 40.0 Å². The molecule has 15 heavy (non-hydrogen) atoms. The smallest absolute Gasteiger partial charge is 0.0608 e. The lowest BCUT2D eigenvalue weighted by molar-refractivity contribution is -0.0801. The lowest BCUT2D eigenvalue weighted by Crippen LogP contribution is -2.67. The van der Waals surface area contributed by atoms with E-state index in [1.165, 1.54) is 0 Å². The minimum atomic E-state index is 0.0675. The Bertz CT molecular complexity index is 201. The van der Waals surface area contributed by atoms with E-state index < -0.39 is 0 Å². The zero-order valence-electron chi connectivity index (χ0n) is 9.37. The lowest BCUT2D eigenvalue weighted by Gasteiger charge is -2.49. The summed E-state index contributed by atoms with van der Waals surface area (Å²) >= 11 is 0. The van der Waals surface area contributed by atoms with Gasteiger partial charge in [-0.1, -0.05) is 0 Å². The Labute approximate surface area is 90.9 Å². The van der Waals surface area contributed by atoms with E-state index >= 15 is 0 Å². The highest BCUT2D eigenvalue weighted by atomic mass is 16.5. The molecule has 1 aliphatic heterocycles. The van der Waals surface area contributed by atoms with E-state index in [4.69, 9.17) is 15.2 Å². The van der Waals surface area contributed by atoms with E-state index in [0.717, 1.165) is 39.1 Å². The third kappa shape index (κ3) is 2.49. The van der Waals surface area contributed by atoms with Gasteiger partial charge in [-0.05, 0) is 12.8 Å². The molecule has 2 aliphatic rings. The van der Waals surface area contributed by atoms with E-state index in [1.54, 1.807) is 7.11 Å². The van der Waals surface area contributed by atoms with Crippen LogP contribution in [0.15, 0.2) is 0 Å². The second-order valence-corrected chi connectivity index (χ2v) is 4.46. The van der Waals surface area contributed by atoms with Crippen molar-refractivity contribution in [3.63, 3.8) is 0 Å². The maximum absolute atomic E-state index is 5.83. The summed E-state index contributed by atoms with van der Waals surface area (Å²) in [6.07, 6.45) is 2.40. The number of nitrogens with zero attached hydrogens (tertiary/aromatic N) is 1. The number of nitrogens with one attached hydrogen (secondary N) is 1. The maximum Gasteiger partial charge on any atom is 0.0608 e. The predicted octanol–water partition coefficient (Wildman–Crippen LogP) is -0.670. The highest BCUT2D eigenvalue weighted by molar-refractivity contribution is 5.02. The number of morpholine rings is 1. The number of hydrogen-bond donors (Lipinski definition) is 2. The summed E-state index contributed by atoms with van der Waals surface area (Å²) < 4.78 is 10.6. The summed E-state index contributed by atoms with van der Waals surface area (Å²) in [5.74, 6) is 0. The summed E-state index contributed by atoms with van der Waals surface area (Å²) in [5, 5.41) is 2.22. The molecule has 0 aromatic heterocycles. The average Bonchev–Trinajstić information content (AvgIpc) is 2.24. The number of hydrazine groups is 1. The quantitative estimate of drug-likeness (QED) is 0.651. The van der Waals surface area contributed by atoms with Crippen LogP contribution in [0.1, 0.15) is 12.8 Å². The highest BCUT2D eigenvalue weighted by Gasteiger charge is 2.44. The molecular weight excluding hydrogens is 194 g/mol. The molecule has 0 unspecified atom stereocenters. The number of rotatable bonds is 4. The summed E-state index contributed by atoms with van der Waals surface area (Å²) in [4.78, 5) is 0. The number of methoxy groups -OCH3 is 1. The Kier molecular flexibility index (Phi) is 3.58. The zero-order chi connectivity index (χ0) is 10.7. The van der Waals surface area contributed by atoms with Crippen molar-refractivity contribution in [2.45, 2.75) is 24.5 Å². The van der Waals surface area contributed by atoms with Gasteiger partial charge in [0.25, 0.3) is 0 Å². The van der Waals surface area contributed by atoms with Gasteiger partial charge in [0.15, 0.2) is 0 Å². The van der Waals surface area contributed by atoms with E-state index in [1.807, 2.05) is 0 Å². The summed E-state index contributed by atoms with van der Waals surface area (Å²) in [6.45, 7) is 4.17. The van der Waals surface area contributed by atoms with Crippen molar-refractivity contribution in [1.82, 2.24) is 10.4 Å². The van der Waals surface area contributed by atoms with Crippen LogP contribution in [0.3, 0.4) is 0 Å². The predicted molar refractivity (Wildman–Crippen MR) is 57.3 cm³/mol. The first-order valence-electron chi connectivity index (χ1n) is 5.61. The van der Waals surface area contributed by atoms with Crippen LogP contribution in [0.4, 0.5) is 0 Å². The van der Waals surface area contributed by atoms with Crippen molar-refractivity contribution in [2.24, 2.45) is 5.73 Å². The molecule has 3 N–H and O–H groups in total. The molecule has 88 valence electrons. The largest absolute Gasteiger partial charge is 0.381 e. The maximum atomic E-state index is 5.83. The van der Waals surface area contributed by atoms with Crippen molar-refractivity contribution >= 4 is 0 Å². The van der Waals surface area contributed by atoms with Crippen LogP contribution < -0.4 is 11.2 Å². The molecular formula is C10H21N3O2. The molecule has 1 heterocycles. The Hall–Kier alpha value is -0.200. The Morgan fingerprint density at radius 1 is 1.47 bits per heavy atom. The minimum absolute atomic E-state index is 0.0675. The van der Waals surface area contributed by atoms with Crippen molar-refractivity contribution in [1.29, 1.82) is 0 Å². The van der Waals surface area contributed by atoms with Crippen LogP contribution in [0.5, 0.6) is 0 Å². The Balaban J connectivity index is 1.80. The van der Waals surface area contributed by atoms with Crippen molar-refractivity contribution in [3.8, 4) is 0 Å². The monoisotopic (exact) mass is 215 g/mol. The number of ether oxygens (including phenoxy) is 2. The fourth-order valence-electron chi connectivity index (χ4n) is 2.29. The van der Waals surface area contributed by atoms with Gasteiger partial charge in [0.2, 0.25) is 0 Å². The molecule has 0 aromatic carbocycles. The molecule has 5 heteroatoms. The first-order valence-corrected chi connectivity index (χ1v) is 5.61. The first-order chi connectivity index (χ1) is 7.28. The van der Waals surface area contributed by atoms with Gasteiger partial charge >= 0.3 is 0 Å². The van der Waals surface area contributed by atoms with Gasteiger partial charge in [0.1, 0.15) is 0 Å². The molecule has 1 aliphatic carbocycles. The van der Waals surface area contributed by atoms with Crippen molar-refractivity contribution in [3.05, 3.63) is 0 Å². The van der Waals surface area contributed by atoms with E-state index in [9.17, 15) is 0 Å². The van der Waals surface area contributed by atoms with Crippen LogP contribution >= 0.6 is 0 Å². The normalized spacial score (nSPS) is 37.6. The second kappa shape index (κ2) is 4.76. The van der Waals surface area contributed by atoms with Gasteiger partial charge in [-0.3, -0.25) is 0 Å². The van der Waals surface area contributed by atoms with E-state index in [2.05, 4.69) is 10.4 Å². The van der Waals surface area contributed by atoms with Gasteiger partial charge in [0, 0.05) is 32.3 Å². The van der Waals surface area contributed by atoms with Crippen LogP contribution in [-0.4, -0.2) is 56.6 Å². The molecule has 0 spiro atoms. The SMILES string of the molecule is COC1CC(CN)(NN2CCOCC2)C1. The van der Waals surface area contributed by atoms with E-state index in [-0.39, 0.29) is 5.54 Å². The molecule has 0 amide bonds. The van der Waals surface area contributed by atoms with E-state index in [0.29, 0.717) is 12.6 Å². The standard InChI is InChI=1S/C10H21N3O2/c1-14-9-6-10(7-9,8-11)12-13-2-4-15-5-3-13/h9,12H,2-8,11H2,1H3. The molecule has 0 atom stereocenters. The molecule has 5 nitrogen and oxygen atoms in total. The van der Waals surface area contributed by atoms with Crippen LogP contribution in [-0.2, 0) is 9.47 Å².